The molecule has 1 aromatic carbocycles. The van der Waals surface area contributed by atoms with Crippen LogP contribution in [0.25, 0.3) is 0 Å². The van der Waals surface area contributed by atoms with E-state index in [1.54, 1.807) is 24.5 Å². The molecule has 8 heteroatoms. The zero-order chi connectivity index (χ0) is 19.3. The van der Waals surface area contributed by atoms with Gasteiger partial charge in [-0.25, -0.2) is 0 Å². The van der Waals surface area contributed by atoms with Gasteiger partial charge in [-0.2, -0.15) is 8.42 Å². The molecule has 1 amide bonds. The first-order valence-electron chi connectivity index (χ1n) is 8.78. The molecule has 0 aliphatic carbocycles. The highest BCUT2D eigenvalue weighted by Crippen LogP contribution is 2.19. The van der Waals surface area contributed by atoms with Crippen LogP contribution in [0, 0.1) is 0 Å². The van der Waals surface area contributed by atoms with Crippen LogP contribution in [0.2, 0.25) is 0 Å². The predicted molar refractivity (Wildman–Crippen MR) is 104 cm³/mol. The highest BCUT2D eigenvalue weighted by Gasteiger charge is 2.20. The number of hydrogen-bond acceptors (Lipinski definition) is 4. The Bertz CT molecular complexity index is 925. The number of nitrogens with zero attached hydrogens (tertiary/aromatic N) is 3. The molecule has 3 rings (SSSR count). The molecule has 1 fully saturated rings. The van der Waals surface area contributed by atoms with Gasteiger partial charge in [0.2, 0.25) is 5.91 Å². The molecular weight excluding hydrogens is 364 g/mol. The maximum Gasteiger partial charge on any atom is 0.283 e. The fraction of sp³-hybridized carbons (Fsp3) is 0.316. The zero-order valence-corrected chi connectivity index (χ0v) is 15.9. The van der Waals surface area contributed by atoms with Crippen LogP contribution in [0.1, 0.15) is 24.8 Å². The lowest BCUT2D eigenvalue weighted by molar-refractivity contribution is -0.116. The van der Waals surface area contributed by atoms with E-state index in [-0.39, 0.29) is 10.8 Å². The number of aryl methyl sites for hydroxylation is 1. The summed E-state index contributed by atoms with van der Waals surface area (Å²) >= 11 is 0. The minimum Gasteiger partial charge on any atom is -0.362 e. The minimum absolute atomic E-state index is 0.114. The summed E-state index contributed by atoms with van der Waals surface area (Å²) in [7, 11) is -1.90. The molecule has 0 atom stereocenters. The van der Waals surface area contributed by atoms with Crippen LogP contribution < -0.4 is 5.32 Å². The Kier molecular flexibility index (Phi) is 5.85. The van der Waals surface area contributed by atoms with Crippen LogP contribution in [0.5, 0.6) is 0 Å². The molecule has 2 aromatic rings. The van der Waals surface area contributed by atoms with E-state index in [1.165, 1.54) is 12.1 Å². The van der Waals surface area contributed by atoms with E-state index in [1.807, 2.05) is 24.1 Å². The molecule has 27 heavy (non-hydrogen) atoms. The van der Waals surface area contributed by atoms with E-state index in [0.717, 1.165) is 18.5 Å². The highest BCUT2D eigenvalue weighted by atomic mass is 32.2. The van der Waals surface area contributed by atoms with E-state index in [4.69, 9.17) is 0 Å². The highest BCUT2D eigenvalue weighted by molar-refractivity contribution is 7.90. The summed E-state index contributed by atoms with van der Waals surface area (Å²) < 4.78 is 28.8. The van der Waals surface area contributed by atoms with Crippen molar-refractivity contribution in [3.05, 3.63) is 54.4 Å². The minimum atomic E-state index is -3.74. The van der Waals surface area contributed by atoms with Crippen LogP contribution in [0.3, 0.4) is 0 Å². The van der Waals surface area contributed by atoms with Gasteiger partial charge in [0, 0.05) is 44.5 Å². The summed E-state index contributed by atoms with van der Waals surface area (Å²) in [5, 5.41) is 2.77. The molecule has 1 saturated heterocycles. The van der Waals surface area contributed by atoms with Gasteiger partial charge in [-0.3, -0.25) is 9.78 Å². The van der Waals surface area contributed by atoms with Crippen molar-refractivity contribution in [3.63, 3.8) is 0 Å². The number of anilines is 1. The molecule has 0 spiro atoms. The van der Waals surface area contributed by atoms with Crippen molar-refractivity contribution in [2.75, 3.05) is 18.9 Å². The maximum atomic E-state index is 12.4. The van der Waals surface area contributed by atoms with Gasteiger partial charge in [0.05, 0.1) is 4.90 Å². The molecule has 2 heterocycles. The average Bonchev–Trinajstić information content (AvgIpc) is 3.05. The third-order valence-corrected chi connectivity index (χ3v) is 5.68. The van der Waals surface area contributed by atoms with Gasteiger partial charge in [-0.1, -0.05) is 6.07 Å². The lowest BCUT2D eigenvalue weighted by Gasteiger charge is -2.11. The SMILES string of the molecule is CN1CCCC1=NS(=O)(=O)c1ccc(NC(=O)CCc2cccnc2)cc1. The first-order chi connectivity index (χ1) is 12.9. The van der Waals surface area contributed by atoms with Gasteiger partial charge in [-0.15, -0.1) is 4.40 Å². The summed E-state index contributed by atoms with van der Waals surface area (Å²) in [6, 6.07) is 9.83. The molecule has 142 valence electrons. The number of likely N-dealkylation sites (tertiary alicyclic amines) is 1. The summed E-state index contributed by atoms with van der Waals surface area (Å²) in [5.74, 6) is 0.449. The van der Waals surface area contributed by atoms with Gasteiger partial charge in [0.25, 0.3) is 10.0 Å². The van der Waals surface area contributed by atoms with Crippen molar-refractivity contribution < 1.29 is 13.2 Å². The smallest absolute Gasteiger partial charge is 0.283 e. The Hall–Kier alpha value is -2.74. The zero-order valence-electron chi connectivity index (χ0n) is 15.1. The number of carbonyl (C=O) groups excluding carboxylic acids is 1. The van der Waals surface area contributed by atoms with Crippen molar-refractivity contribution in [3.8, 4) is 0 Å². The molecule has 0 unspecified atom stereocenters. The normalized spacial score (nSPS) is 15.9. The topological polar surface area (TPSA) is 91.7 Å². The Balaban J connectivity index is 1.60. The fourth-order valence-electron chi connectivity index (χ4n) is 2.84. The predicted octanol–water partition coefficient (Wildman–Crippen LogP) is 2.47. The number of sulfonamides is 1. The number of carbonyl (C=O) groups is 1. The van der Waals surface area contributed by atoms with Crippen molar-refractivity contribution in [1.82, 2.24) is 9.88 Å². The standard InChI is InChI=1S/C19H22N4O3S/c1-23-13-3-5-18(23)22-27(25,26)17-9-7-16(8-10-17)21-19(24)11-6-15-4-2-12-20-14-15/h2,4,7-10,12,14H,3,5-6,11,13H2,1H3,(H,21,24). The summed E-state index contributed by atoms with van der Waals surface area (Å²) in [6.45, 7) is 0.818. The average molecular weight is 386 g/mol. The fourth-order valence-corrected chi connectivity index (χ4v) is 3.93. The van der Waals surface area contributed by atoms with Gasteiger partial charge < -0.3 is 10.2 Å². The van der Waals surface area contributed by atoms with Crippen molar-refractivity contribution >= 4 is 27.5 Å². The first-order valence-corrected chi connectivity index (χ1v) is 10.2. The maximum absolute atomic E-state index is 12.4. The number of amides is 1. The Morgan fingerprint density at radius 3 is 2.67 bits per heavy atom. The van der Waals surface area contributed by atoms with Crippen LogP contribution >= 0.6 is 0 Å². The summed E-state index contributed by atoms with van der Waals surface area (Å²) in [6.07, 6.45) is 5.92. The van der Waals surface area contributed by atoms with Crippen LogP contribution in [0.4, 0.5) is 5.69 Å². The number of pyridine rings is 1. The molecule has 7 nitrogen and oxygen atoms in total. The molecular formula is C19H22N4O3S. The van der Waals surface area contributed by atoms with Gasteiger partial charge in [-0.05, 0) is 48.7 Å². The van der Waals surface area contributed by atoms with E-state index in [0.29, 0.717) is 30.8 Å². The second kappa shape index (κ2) is 8.30. The van der Waals surface area contributed by atoms with E-state index < -0.39 is 10.0 Å². The van der Waals surface area contributed by atoms with Crippen LogP contribution in [0.15, 0.2) is 58.1 Å². The van der Waals surface area contributed by atoms with Crippen LogP contribution in [-0.4, -0.2) is 43.6 Å². The van der Waals surface area contributed by atoms with Crippen molar-refractivity contribution in [1.29, 1.82) is 0 Å². The largest absolute Gasteiger partial charge is 0.362 e. The van der Waals surface area contributed by atoms with Gasteiger partial charge in [0.1, 0.15) is 5.84 Å². The third-order valence-electron chi connectivity index (χ3n) is 4.36. The number of aromatic nitrogens is 1. The molecule has 1 aliphatic rings. The third kappa shape index (κ3) is 5.13. The Morgan fingerprint density at radius 2 is 2.04 bits per heavy atom. The number of benzene rings is 1. The second-order valence-electron chi connectivity index (χ2n) is 6.44. The molecule has 1 aromatic heterocycles. The Labute approximate surface area is 159 Å². The van der Waals surface area contributed by atoms with E-state index >= 15 is 0 Å². The second-order valence-corrected chi connectivity index (χ2v) is 8.05. The van der Waals surface area contributed by atoms with Gasteiger partial charge >= 0.3 is 0 Å². The number of amidine groups is 1. The van der Waals surface area contributed by atoms with E-state index in [9.17, 15) is 13.2 Å². The summed E-state index contributed by atoms with van der Waals surface area (Å²) in [5.41, 5.74) is 1.54. The number of hydrogen-bond donors (Lipinski definition) is 1. The van der Waals surface area contributed by atoms with Crippen LogP contribution in [-0.2, 0) is 21.2 Å². The van der Waals surface area contributed by atoms with Crippen molar-refractivity contribution in [2.45, 2.75) is 30.6 Å². The van der Waals surface area contributed by atoms with Crippen molar-refractivity contribution in [2.24, 2.45) is 4.40 Å². The molecule has 1 aliphatic heterocycles. The monoisotopic (exact) mass is 386 g/mol. The lowest BCUT2D eigenvalue weighted by Crippen LogP contribution is -2.20. The summed E-state index contributed by atoms with van der Waals surface area (Å²) in [4.78, 5) is 18.0. The lowest BCUT2D eigenvalue weighted by atomic mass is 10.1. The van der Waals surface area contributed by atoms with Gasteiger partial charge in [0.15, 0.2) is 0 Å². The number of nitrogens with one attached hydrogen (secondary N) is 1. The molecule has 1 N–H and O–H groups in total. The van der Waals surface area contributed by atoms with E-state index in [2.05, 4.69) is 14.7 Å². The first kappa shape index (κ1) is 19.0. The quantitative estimate of drug-likeness (QED) is 0.823. The number of rotatable bonds is 6. The molecule has 0 bridgehead atoms. The Morgan fingerprint density at radius 1 is 1.26 bits per heavy atom. The molecule has 0 radical (unpaired) electrons. The molecule has 0 saturated carbocycles.